The number of ether oxygens (including phenoxy) is 1. The summed E-state index contributed by atoms with van der Waals surface area (Å²) in [6, 6.07) is 9.60. The first-order valence-corrected chi connectivity index (χ1v) is 9.27. The number of carbonyl (C=O) groups excluding carboxylic acids is 1. The van der Waals surface area contributed by atoms with Crippen molar-refractivity contribution in [2.24, 2.45) is 7.05 Å². The number of hydrogen-bond donors (Lipinski definition) is 2. The largest absolute Gasteiger partial charge is 0.391 e. The summed E-state index contributed by atoms with van der Waals surface area (Å²) in [5.74, 6) is -0.630. The number of benzene rings is 1. The number of nitrogens with zero attached hydrogens (tertiary/aromatic N) is 2. The van der Waals surface area contributed by atoms with Gasteiger partial charge in [0.15, 0.2) is 0 Å². The van der Waals surface area contributed by atoms with Crippen molar-refractivity contribution < 1.29 is 19.0 Å². The van der Waals surface area contributed by atoms with Gasteiger partial charge in [0, 0.05) is 25.2 Å². The van der Waals surface area contributed by atoms with Crippen molar-refractivity contribution in [2.75, 3.05) is 13.2 Å². The predicted molar refractivity (Wildman–Crippen MR) is 103 cm³/mol. The summed E-state index contributed by atoms with van der Waals surface area (Å²) in [6.45, 7) is 0.769. The van der Waals surface area contributed by atoms with Crippen LogP contribution in [0.15, 0.2) is 42.6 Å². The highest BCUT2D eigenvalue weighted by molar-refractivity contribution is 5.95. The Hall–Kier alpha value is -2.77. The van der Waals surface area contributed by atoms with Crippen LogP contribution in [0.2, 0.25) is 0 Å². The number of aliphatic hydroxyl groups excluding tert-OH is 1. The lowest BCUT2D eigenvalue weighted by Gasteiger charge is -2.28. The number of hydrogen-bond acceptors (Lipinski definition) is 4. The van der Waals surface area contributed by atoms with Gasteiger partial charge in [-0.25, -0.2) is 9.37 Å². The van der Waals surface area contributed by atoms with Crippen LogP contribution in [-0.2, 0) is 18.2 Å². The second kappa shape index (κ2) is 7.69. The maximum absolute atomic E-state index is 13.2. The minimum absolute atomic E-state index is 0.280. The molecular formula is C21H22FN3O3. The average Bonchev–Trinajstić information content (AvgIpc) is 3.07. The maximum atomic E-state index is 13.2. The summed E-state index contributed by atoms with van der Waals surface area (Å²) < 4.78 is 20.4. The molecule has 4 rings (SSSR count). The number of nitrogens with one attached hydrogen (secondary N) is 1. The Labute approximate surface area is 162 Å². The summed E-state index contributed by atoms with van der Waals surface area (Å²) in [5.41, 5.74) is 2.86. The van der Waals surface area contributed by atoms with E-state index < -0.39 is 12.1 Å². The Morgan fingerprint density at radius 1 is 1.36 bits per heavy atom. The first-order chi connectivity index (χ1) is 13.5. The number of fused-ring (bicyclic) bond motifs is 1. The highest BCUT2D eigenvalue weighted by Crippen LogP contribution is 2.23. The molecule has 0 bridgehead atoms. The number of aromatic nitrogens is 2. The van der Waals surface area contributed by atoms with Gasteiger partial charge < -0.3 is 19.7 Å². The van der Waals surface area contributed by atoms with Crippen molar-refractivity contribution in [3.63, 3.8) is 0 Å². The van der Waals surface area contributed by atoms with Gasteiger partial charge in [0.2, 0.25) is 0 Å². The molecule has 2 atom stereocenters. The lowest BCUT2D eigenvalue weighted by molar-refractivity contribution is -0.0140. The summed E-state index contributed by atoms with van der Waals surface area (Å²) >= 11 is 0. The van der Waals surface area contributed by atoms with Crippen molar-refractivity contribution >= 4 is 16.9 Å². The lowest BCUT2D eigenvalue weighted by atomic mass is 10.0. The minimum Gasteiger partial charge on any atom is -0.391 e. The van der Waals surface area contributed by atoms with E-state index in [1.54, 1.807) is 18.2 Å². The van der Waals surface area contributed by atoms with Crippen LogP contribution in [0, 0.1) is 5.82 Å². The number of aliphatic hydroxyl groups is 1. The van der Waals surface area contributed by atoms with Gasteiger partial charge in [-0.1, -0.05) is 12.1 Å². The number of aryl methyl sites for hydroxylation is 1. The Kier molecular flexibility index (Phi) is 5.11. The van der Waals surface area contributed by atoms with Crippen LogP contribution >= 0.6 is 0 Å². The summed E-state index contributed by atoms with van der Waals surface area (Å²) in [5, 5.41) is 13.8. The zero-order valence-electron chi connectivity index (χ0n) is 15.6. The second-order valence-corrected chi connectivity index (χ2v) is 7.14. The quantitative estimate of drug-likeness (QED) is 0.724. The third-order valence-corrected chi connectivity index (χ3v) is 5.10. The SMILES string of the molecule is Cn1ccc2c(Cc3ccc(F)cc3)cc(C(=O)N[C@H]3COCC[C@@H]3O)nc21. The Morgan fingerprint density at radius 2 is 2.14 bits per heavy atom. The molecule has 1 amide bonds. The van der Waals surface area contributed by atoms with Crippen LogP contribution in [0.5, 0.6) is 0 Å². The second-order valence-electron chi connectivity index (χ2n) is 7.14. The van der Waals surface area contributed by atoms with Crippen molar-refractivity contribution in [1.82, 2.24) is 14.9 Å². The Balaban J connectivity index is 1.65. The molecule has 0 aliphatic carbocycles. The first kappa shape index (κ1) is 18.6. The van der Waals surface area contributed by atoms with E-state index in [2.05, 4.69) is 10.3 Å². The van der Waals surface area contributed by atoms with Crippen molar-refractivity contribution in [3.05, 3.63) is 65.2 Å². The standard InChI is InChI=1S/C21H22FN3O3/c1-25-8-6-16-14(10-13-2-4-15(22)5-3-13)11-17(23-20(16)25)21(27)24-18-12-28-9-7-19(18)26/h2-6,8,11,18-19,26H,7,9-10,12H2,1H3,(H,24,27)/t18-,19-/m0/s1. The molecule has 0 unspecified atom stereocenters. The minimum atomic E-state index is -0.629. The summed E-state index contributed by atoms with van der Waals surface area (Å²) in [7, 11) is 1.87. The highest BCUT2D eigenvalue weighted by atomic mass is 19.1. The number of pyridine rings is 1. The molecule has 6 nitrogen and oxygen atoms in total. The number of amides is 1. The van der Waals surface area contributed by atoms with Crippen LogP contribution in [0.1, 0.15) is 28.0 Å². The van der Waals surface area contributed by atoms with Crippen molar-refractivity contribution in [2.45, 2.75) is 25.0 Å². The number of rotatable bonds is 4. The fraction of sp³-hybridized carbons (Fsp3) is 0.333. The first-order valence-electron chi connectivity index (χ1n) is 9.27. The monoisotopic (exact) mass is 383 g/mol. The highest BCUT2D eigenvalue weighted by Gasteiger charge is 2.26. The third kappa shape index (κ3) is 3.76. The third-order valence-electron chi connectivity index (χ3n) is 5.10. The van der Waals surface area contributed by atoms with E-state index in [1.807, 2.05) is 23.9 Å². The van der Waals surface area contributed by atoms with Crippen molar-refractivity contribution in [3.8, 4) is 0 Å². The van der Waals surface area contributed by atoms with Crippen LogP contribution in [0.3, 0.4) is 0 Å². The molecular weight excluding hydrogens is 361 g/mol. The normalized spacial score (nSPS) is 19.7. The van der Waals surface area contributed by atoms with E-state index in [0.717, 1.165) is 16.5 Å². The smallest absolute Gasteiger partial charge is 0.270 e. The van der Waals surface area contributed by atoms with Crippen LogP contribution in [-0.4, -0.2) is 45.9 Å². The lowest BCUT2D eigenvalue weighted by Crippen LogP contribution is -2.49. The van der Waals surface area contributed by atoms with E-state index in [4.69, 9.17) is 4.74 Å². The van der Waals surface area contributed by atoms with Gasteiger partial charge in [-0.05, 0) is 48.2 Å². The zero-order valence-corrected chi connectivity index (χ0v) is 15.6. The zero-order chi connectivity index (χ0) is 19.7. The molecule has 3 aromatic rings. The van der Waals surface area contributed by atoms with Crippen LogP contribution in [0.4, 0.5) is 4.39 Å². The van der Waals surface area contributed by atoms with Gasteiger partial charge in [0.05, 0.1) is 18.8 Å². The average molecular weight is 383 g/mol. The van der Waals surface area contributed by atoms with Crippen LogP contribution in [0.25, 0.3) is 11.0 Å². The van der Waals surface area contributed by atoms with E-state index in [-0.39, 0.29) is 24.0 Å². The van der Waals surface area contributed by atoms with E-state index in [1.165, 1.54) is 12.1 Å². The molecule has 0 spiro atoms. The van der Waals surface area contributed by atoms with Gasteiger partial charge >= 0.3 is 0 Å². The molecule has 7 heteroatoms. The van der Waals surface area contributed by atoms with Crippen molar-refractivity contribution in [1.29, 1.82) is 0 Å². The Bertz CT molecular complexity index is 1000. The van der Waals surface area contributed by atoms with Gasteiger partial charge in [0.25, 0.3) is 5.91 Å². The maximum Gasteiger partial charge on any atom is 0.270 e. The molecule has 0 saturated carbocycles. The van der Waals surface area contributed by atoms with Gasteiger partial charge in [-0.2, -0.15) is 0 Å². The van der Waals surface area contributed by atoms with Gasteiger partial charge in [0.1, 0.15) is 17.2 Å². The predicted octanol–water partition coefficient (Wildman–Crippen LogP) is 2.18. The summed E-state index contributed by atoms with van der Waals surface area (Å²) in [6.07, 6.45) is 2.31. The molecule has 2 N–H and O–H groups in total. The molecule has 0 radical (unpaired) electrons. The molecule has 1 fully saturated rings. The number of carbonyl (C=O) groups is 1. The Morgan fingerprint density at radius 3 is 2.89 bits per heavy atom. The summed E-state index contributed by atoms with van der Waals surface area (Å²) in [4.78, 5) is 17.3. The molecule has 2 aromatic heterocycles. The molecule has 1 aromatic carbocycles. The molecule has 3 heterocycles. The fourth-order valence-corrected chi connectivity index (χ4v) is 3.49. The van der Waals surface area contributed by atoms with E-state index in [0.29, 0.717) is 25.1 Å². The molecule has 1 saturated heterocycles. The molecule has 146 valence electrons. The topological polar surface area (TPSA) is 76.4 Å². The molecule has 1 aliphatic heterocycles. The van der Waals surface area contributed by atoms with Gasteiger partial charge in [-0.15, -0.1) is 0 Å². The fourth-order valence-electron chi connectivity index (χ4n) is 3.49. The van der Waals surface area contributed by atoms with Crippen LogP contribution < -0.4 is 5.32 Å². The molecule has 28 heavy (non-hydrogen) atoms. The number of halogens is 1. The van der Waals surface area contributed by atoms with Gasteiger partial charge in [-0.3, -0.25) is 4.79 Å². The van der Waals surface area contributed by atoms with E-state index in [9.17, 15) is 14.3 Å². The molecule has 1 aliphatic rings. The van der Waals surface area contributed by atoms with E-state index >= 15 is 0 Å².